The first-order valence-electron chi connectivity index (χ1n) is 3.74. The Kier molecular flexibility index (Phi) is 3.55. The number of rotatable bonds is 5. The Hall–Kier alpha value is -1.46. The van der Waals surface area contributed by atoms with Gasteiger partial charge in [0.05, 0.1) is 6.07 Å². The SMILES string of the molecule is N#CCS(=O)(=O)NCCc1ncno1. The second-order valence-corrected chi connectivity index (χ2v) is 4.20. The summed E-state index contributed by atoms with van der Waals surface area (Å²) < 4.78 is 28.8. The minimum absolute atomic E-state index is 0.145. The maximum absolute atomic E-state index is 11.0. The molecule has 1 aromatic rings. The van der Waals surface area contributed by atoms with E-state index < -0.39 is 15.8 Å². The van der Waals surface area contributed by atoms with Crippen LogP contribution in [0.4, 0.5) is 0 Å². The van der Waals surface area contributed by atoms with E-state index in [9.17, 15) is 8.42 Å². The van der Waals surface area contributed by atoms with Crippen LogP contribution in [0, 0.1) is 11.3 Å². The summed E-state index contributed by atoms with van der Waals surface area (Å²) in [4.78, 5) is 3.70. The van der Waals surface area contributed by atoms with Crippen molar-refractivity contribution in [3.8, 4) is 6.07 Å². The van der Waals surface area contributed by atoms with Gasteiger partial charge in [-0.2, -0.15) is 10.2 Å². The van der Waals surface area contributed by atoms with Gasteiger partial charge >= 0.3 is 0 Å². The van der Waals surface area contributed by atoms with E-state index in [0.29, 0.717) is 12.3 Å². The third-order valence-corrected chi connectivity index (χ3v) is 2.48. The van der Waals surface area contributed by atoms with Crippen LogP contribution >= 0.6 is 0 Å². The molecule has 0 atom stereocenters. The smallest absolute Gasteiger partial charge is 0.227 e. The lowest BCUT2D eigenvalue weighted by atomic mass is 10.4. The molecule has 76 valence electrons. The van der Waals surface area contributed by atoms with Crippen molar-refractivity contribution in [2.45, 2.75) is 6.42 Å². The standard InChI is InChI=1S/C6H8N4O3S/c7-2-4-14(11,12)10-3-1-6-8-5-9-13-6/h5,10H,1,3-4H2. The van der Waals surface area contributed by atoms with Crippen molar-refractivity contribution >= 4 is 10.0 Å². The van der Waals surface area contributed by atoms with E-state index in [2.05, 4.69) is 19.4 Å². The third kappa shape index (κ3) is 3.51. The summed E-state index contributed by atoms with van der Waals surface area (Å²) in [5, 5.41) is 11.5. The molecule has 0 aromatic carbocycles. The highest BCUT2D eigenvalue weighted by atomic mass is 32.2. The number of aromatic nitrogens is 2. The molecule has 0 aliphatic carbocycles. The minimum Gasteiger partial charge on any atom is -0.340 e. The molecule has 1 aromatic heterocycles. The van der Waals surface area contributed by atoms with Crippen LogP contribution in [0.1, 0.15) is 5.89 Å². The maximum atomic E-state index is 11.0. The highest BCUT2D eigenvalue weighted by Gasteiger charge is 2.08. The summed E-state index contributed by atoms with van der Waals surface area (Å²) >= 11 is 0. The predicted molar refractivity (Wildman–Crippen MR) is 45.4 cm³/mol. The Morgan fingerprint density at radius 3 is 3.00 bits per heavy atom. The van der Waals surface area contributed by atoms with Crippen LogP contribution < -0.4 is 4.72 Å². The minimum atomic E-state index is -3.49. The van der Waals surface area contributed by atoms with Gasteiger partial charge in [-0.05, 0) is 0 Å². The number of nitrogens with zero attached hydrogens (tertiary/aromatic N) is 3. The van der Waals surface area contributed by atoms with Crippen molar-refractivity contribution in [1.82, 2.24) is 14.9 Å². The van der Waals surface area contributed by atoms with Gasteiger partial charge in [0.25, 0.3) is 0 Å². The van der Waals surface area contributed by atoms with Gasteiger partial charge in [-0.15, -0.1) is 0 Å². The van der Waals surface area contributed by atoms with E-state index in [1.807, 2.05) is 0 Å². The molecular formula is C6H8N4O3S. The second-order valence-electron chi connectivity index (χ2n) is 2.40. The highest BCUT2D eigenvalue weighted by Crippen LogP contribution is 1.91. The molecule has 0 saturated carbocycles. The van der Waals surface area contributed by atoms with E-state index in [4.69, 9.17) is 5.26 Å². The summed E-state index contributed by atoms with van der Waals surface area (Å²) in [7, 11) is -3.49. The van der Waals surface area contributed by atoms with Crippen LogP contribution in [0.3, 0.4) is 0 Å². The molecule has 0 radical (unpaired) electrons. The first kappa shape index (κ1) is 10.6. The molecule has 1 heterocycles. The largest absolute Gasteiger partial charge is 0.340 e. The molecule has 0 aliphatic heterocycles. The average molecular weight is 216 g/mol. The van der Waals surface area contributed by atoms with Crippen molar-refractivity contribution in [3.63, 3.8) is 0 Å². The quantitative estimate of drug-likeness (QED) is 0.680. The van der Waals surface area contributed by atoms with E-state index in [1.165, 1.54) is 6.33 Å². The fraction of sp³-hybridized carbons (Fsp3) is 0.500. The summed E-state index contributed by atoms with van der Waals surface area (Å²) in [6.07, 6.45) is 1.55. The molecular weight excluding hydrogens is 208 g/mol. The number of nitrogens with one attached hydrogen (secondary N) is 1. The normalized spacial score (nSPS) is 11.1. The zero-order valence-corrected chi connectivity index (χ0v) is 7.99. The lowest BCUT2D eigenvalue weighted by Gasteiger charge is -1.99. The van der Waals surface area contributed by atoms with Gasteiger partial charge in [-0.25, -0.2) is 13.1 Å². The fourth-order valence-corrected chi connectivity index (χ4v) is 1.44. The van der Waals surface area contributed by atoms with Crippen molar-refractivity contribution < 1.29 is 12.9 Å². The molecule has 0 saturated heterocycles. The third-order valence-electron chi connectivity index (χ3n) is 1.32. The van der Waals surface area contributed by atoms with Crippen molar-refractivity contribution in [2.24, 2.45) is 0 Å². The molecule has 8 heteroatoms. The predicted octanol–water partition coefficient (Wildman–Crippen LogP) is -0.945. The molecule has 1 rings (SSSR count). The zero-order valence-electron chi connectivity index (χ0n) is 7.17. The van der Waals surface area contributed by atoms with Crippen LogP contribution in [0.5, 0.6) is 0 Å². The first-order chi connectivity index (χ1) is 6.64. The van der Waals surface area contributed by atoms with E-state index in [0.717, 1.165) is 0 Å². The second kappa shape index (κ2) is 4.69. The lowest BCUT2D eigenvalue weighted by molar-refractivity contribution is 0.377. The summed E-state index contributed by atoms with van der Waals surface area (Å²) in [5.74, 6) is -0.193. The van der Waals surface area contributed by atoms with Gasteiger partial charge in [0.15, 0.2) is 12.1 Å². The maximum Gasteiger partial charge on any atom is 0.227 e. The molecule has 1 N–H and O–H groups in total. The van der Waals surface area contributed by atoms with E-state index in [1.54, 1.807) is 6.07 Å². The first-order valence-corrected chi connectivity index (χ1v) is 5.39. The van der Waals surface area contributed by atoms with Crippen LogP contribution in [-0.2, 0) is 16.4 Å². The van der Waals surface area contributed by atoms with Gasteiger partial charge in [-0.1, -0.05) is 5.16 Å². The molecule has 0 bridgehead atoms. The van der Waals surface area contributed by atoms with Gasteiger partial charge in [0.1, 0.15) is 0 Å². The Labute approximate surface area is 80.8 Å². The van der Waals surface area contributed by atoms with Crippen molar-refractivity contribution in [2.75, 3.05) is 12.3 Å². The van der Waals surface area contributed by atoms with E-state index >= 15 is 0 Å². The number of sulfonamides is 1. The summed E-state index contributed by atoms with van der Waals surface area (Å²) in [6.45, 7) is 0.145. The molecule has 0 fully saturated rings. The Morgan fingerprint density at radius 2 is 2.43 bits per heavy atom. The van der Waals surface area contributed by atoms with Crippen LogP contribution in [0.15, 0.2) is 10.9 Å². The van der Waals surface area contributed by atoms with Crippen LogP contribution in [0.25, 0.3) is 0 Å². The molecule has 0 amide bonds. The molecule has 0 unspecified atom stereocenters. The van der Waals surface area contributed by atoms with Crippen molar-refractivity contribution in [3.05, 3.63) is 12.2 Å². The Bertz CT molecular complexity index is 405. The molecule has 14 heavy (non-hydrogen) atoms. The van der Waals surface area contributed by atoms with E-state index in [-0.39, 0.29) is 6.54 Å². The van der Waals surface area contributed by atoms with Gasteiger partial charge < -0.3 is 4.52 Å². The molecule has 0 spiro atoms. The van der Waals surface area contributed by atoms with Gasteiger partial charge in [0.2, 0.25) is 15.9 Å². The summed E-state index contributed by atoms with van der Waals surface area (Å²) in [6, 6.07) is 1.55. The fourth-order valence-electron chi connectivity index (χ4n) is 0.756. The average Bonchev–Trinajstić information content (AvgIpc) is 2.56. The zero-order chi connectivity index (χ0) is 10.4. The topological polar surface area (TPSA) is 109 Å². The Balaban J connectivity index is 2.32. The number of hydrogen-bond acceptors (Lipinski definition) is 6. The van der Waals surface area contributed by atoms with Crippen LogP contribution in [0.2, 0.25) is 0 Å². The number of nitriles is 1. The summed E-state index contributed by atoms with van der Waals surface area (Å²) in [5.41, 5.74) is 0. The molecule has 7 nitrogen and oxygen atoms in total. The van der Waals surface area contributed by atoms with Gasteiger partial charge in [0, 0.05) is 13.0 Å². The van der Waals surface area contributed by atoms with Crippen LogP contribution in [-0.4, -0.2) is 30.9 Å². The Morgan fingerprint density at radius 1 is 1.64 bits per heavy atom. The van der Waals surface area contributed by atoms with Gasteiger partial charge in [-0.3, -0.25) is 0 Å². The lowest BCUT2D eigenvalue weighted by Crippen LogP contribution is -2.27. The van der Waals surface area contributed by atoms with Crippen molar-refractivity contribution in [1.29, 1.82) is 5.26 Å². The molecule has 0 aliphatic rings. The highest BCUT2D eigenvalue weighted by molar-refractivity contribution is 7.89. The number of hydrogen-bond donors (Lipinski definition) is 1. The monoisotopic (exact) mass is 216 g/mol.